The Bertz CT molecular complexity index is 1310. The summed E-state index contributed by atoms with van der Waals surface area (Å²) in [6.07, 6.45) is 2.87. The van der Waals surface area contributed by atoms with Crippen LogP contribution in [0.5, 0.6) is 5.75 Å². The van der Waals surface area contributed by atoms with Crippen molar-refractivity contribution in [2.24, 2.45) is 0 Å². The zero-order valence-electron chi connectivity index (χ0n) is 17.3. The first kappa shape index (κ1) is 21.8. The zero-order valence-corrected chi connectivity index (χ0v) is 18.9. The van der Waals surface area contributed by atoms with Crippen LogP contribution < -0.4 is 10.1 Å². The fourth-order valence-corrected chi connectivity index (χ4v) is 4.13. The number of anilines is 1. The average Bonchev–Trinajstić information content (AvgIpc) is 3.44. The summed E-state index contributed by atoms with van der Waals surface area (Å²) >= 11 is 1.51. The highest BCUT2D eigenvalue weighted by molar-refractivity contribution is 7.90. The fraction of sp³-hybridized carbons (Fsp3) is 0.130. The second-order valence-corrected chi connectivity index (χ2v) is 10.3. The molecule has 0 bridgehead atoms. The molecule has 2 aromatic carbocycles. The number of ether oxygens (including phenoxy) is 1. The second-order valence-electron chi connectivity index (χ2n) is 7.11. The molecule has 0 spiro atoms. The Morgan fingerprint density at radius 3 is 2.62 bits per heavy atom. The van der Waals surface area contributed by atoms with Gasteiger partial charge in [-0.1, -0.05) is 30.3 Å². The lowest BCUT2D eigenvalue weighted by Crippen LogP contribution is -2.13. The van der Waals surface area contributed by atoms with Crippen LogP contribution in [0.15, 0.2) is 78.3 Å². The number of benzene rings is 2. The minimum Gasteiger partial charge on any atom is -0.492 e. The monoisotopic (exact) mass is 467 g/mol. The van der Waals surface area contributed by atoms with Gasteiger partial charge in [-0.15, -0.1) is 11.3 Å². The maximum absolute atomic E-state index is 13.2. The van der Waals surface area contributed by atoms with Crippen molar-refractivity contribution in [1.82, 2.24) is 9.78 Å². The van der Waals surface area contributed by atoms with Crippen molar-refractivity contribution in [3.8, 4) is 22.0 Å². The summed E-state index contributed by atoms with van der Waals surface area (Å²) < 4.78 is 29.8. The van der Waals surface area contributed by atoms with Gasteiger partial charge in [-0.2, -0.15) is 5.10 Å². The van der Waals surface area contributed by atoms with Gasteiger partial charge in [0.05, 0.1) is 21.9 Å². The van der Waals surface area contributed by atoms with Crippen LogP contribution in [0.4, 0.5) is 5.69 Å². The van der Waals surface area contributed by atoms with Crippen molar-refractivity contribution in [2.45, 2.75) is 0 Å². The molecule has 4 rings (SSSR count). The smallest absolute Gasteiger partial charge is 0.259 e. The van der Waals surface area contributed by atoms with E-state index in [-0.39, 0.29) is 18.3 Å². The lowest BCUT2D eigenvalue weighted by Gasteiger charge is -2.09. The van der Waals surface area contributed by atoms with Crippen LogP contribution in [-0.2, 0) is 9.84 Å². The average molecular weight is 468 g/mol. The van der Waals surface area contributed by atoms with Gasteiger partial charge in [-0.05, 0) is 35.7 Å². The molecule has 0 unspecified atom stereocenters. The Morgan fingerprint density at radius 2 is 1.91 bits per heavy atom. The predicted molar refractivity (Wildman–Crippen MR) is 126 cm³/mol. The van der Waals surface area contributed by atoms with Crippen LogP contribution in [-0.4, -0.2) is 42.7 Å². The summed E-state index contributed by atoms with van der Waals surface area (Å²) in [6, 6.07) is 20.3. The number of carbonyl (C=O) groups is 1. The number of para-hydroxylation sites is 1. The van der Waals surface area contributed by atoms with Gasteiger partial charge in [-0.3, -0.25) is 4.79 Å². The number of hydrogen-bond donors (Lipinski definition) is 1. The summed E-state index contributed by atoms with van der Waals surface area (Å²) in [6.45, 7) is 0.0443. The van der Waals surface area contributed by atoms with E-state index in [0.29, 0.717) is 22.7 Å². The molecule has 32 heavy (non-hydrogen) atoms. The van der Waals surface area contributed by atoms with Crippen molar-refractivity contribution in [2.75, 3.05) is 23.9 Å². The van der Waals surface area contributed by atoms with Crippen molar-refractivity contribution >= 4 is 32.8 Å². The maximum atomic E-state index is 13.2. The largest absolute Gasteiger partial charge is 0.492 e. The van der Waals surface area contributed by atoms with E-state index in [1.54, 1.807) is 35.1 Å². The summed E-state index contributed by atoms with van der Waals surface area (Å²) in [5.41, 5.74) is 2.43. The molecule has 1 N–H and O–H groups in total. The summed E-state index contributed by atoms with van der Waals surface area (Å²) in [5.74, 6) is 0.0978. The highest BCUT2D eigenvalue weighted by Gasteiger charge is 2.19. The third-order valence-corrected chi connectivity index (χ3v) is 6.33. The van der Waals surface area contributed by atoms with Crippen molar-refractivity contribution in [3.05, 3.63) is 83.9 Å². The van der Waals surface area contributed by atoms with E-state index in [2.05, 4.69) is 10.4 Å². The molecule has 0 aliphatic carbocycles. The zero-order chi connectivity index (χ0) is 22.6. The highest BCUT2D eigenvalue weighted by atomic mass is 32.2. The third-order valence-electron chi connectivity index (χ3n) is 4.55. The molecule has 9 heteroatoms. The van der Waals surface area contributed by atoms with Crippen LogP contribution in [0.2, 0.25) is 0 Å². The van der Waals surface area contributed by atoms with E-state index in [1.807, 2.05) is 47.8 Å². The summed E-state index contributed by atoms with van der Waals surface area (Å²) in [4.78, 5) is 14.0. The van der Waals surface area contributed by atoms with Gasteiger partial charge in [-0.25, -0.2) is 13.1 Å². The number of nitrogens with zero attached hydrogens (tertiary/aromatic N) is 2. The quantitative estimate of drug-likeness (QED) is 0.418. The van der Waals surface area contributed by atoms with Crippen LogP contribution in [0.3, 0.4) is 0 Å². The standard InChI is InChI=1S/C23H21N3O4S2/c1-32(28,29)14-12-30-19-10-5-7-17(15-19)24-23(27)20-16-26(18-8-3-2-4-9-18)25-22(20)21-11-6-13-31-21/h2-11,13,15-16H,12,14H2,1H3,(H,24,27). The fourth-order valence-electron chi connectivity index (χ4n) is 3.02. The van der Waals surface area contributed by atoms with Crippen molar-refractivity contribution < 1.29 is 17.9 Å². The molecule has 0 saturated heterocycles. The minimum absolute atomic E-state index is 0.0443. The van der Waals surface area contributed by atoms with Crippen molar-refractivity contribution in [1.29, 1.82) is 0 Å². The molecule has 1 amide bonds. The number of amides is 1. The first-order valence-electron chi connectivity index (χ1n) is 9.80. The highest BCUT2D eigenvalue weighted by Crippen LogP contribution is 2.29. The molecule has 4 aromatic rings. The molecule has 0 aliphatic rings. The van der Waals surface area contributed by atoms with E-state index in [4.69, 9.17) is 4.74 Å². The molecular weight excluding hydrogens is 446 g/mol. The van der Waals surface area contributed by atoms with E-state index in [9.17, 15) is 13.2 Å². The van der Waals surface area contributed by atoms with E-state index in [0.717, 1.165) is 16.8 Å². The number of carbonyl (C=O) groups excluding carboxylic acids is 1. The lowest BCUT2D eigenvalue weighted by molar-refractivity contribution is 0.102. The SMILES string of the molecule is CS(=O)(=O)CCOc1cccc(NC(=O)c2cn(-c3ccccc3)nc2-c2cccs2)c1. The molecule has 0 radical (unpaired) electrons. The van der Waals surface area contributed by atoms with Gasteiger partial charge in [0.15, 0.2) is 9.84 Å². The molecule has 164 valence electrons. The van der Waals surface area contributed by atoms with Crippen LogP contribution in [0.25, 0.3) is 16.3 Å². The number of rotatable bonds is 8. The molecule has 0 aliphatic heterocycles. The normalized spacial score (nSPS) is 11.3. The Hall–Kier alpha value is -3.43. The molecular formula is C23H21N3O4S2. The topological polar surface area (TPSA) is 90.3 Å². The van der Waals surface area contributed by atoms with Gasteiger partial charge in [0.1, 0.15) is 18.1 Å². The molecule has 0 fully saturated rings. The number of sulfone groups is 1. The van der Waals surface area contributed by atoms with Crippen LogP contribution >= 0.6 is 11.3 Å². The Labute approximate surface area is 190 Å². The van der Waals surface area contributed by atoms with E-state index >= 15 is 0 Å². The third kappa shape index (κ3) is 5.43. The first-order chi connectivity index (χ1) is 15.4. The van der Waals surface area contributed by atoms with Gasteiger partial charge in [0.25, 0.3) is 5.91 Å². The van der Waals surface area contributed by atoms with E-state index in [1.165, 1.54) is 11.3 Å². The Morgan fingerprint density at radius 1 is 1.09 bits per heavy atom. The maximum Gasteiger partial charge on any atom is 0.259 e. The summed E-state index contributed by atoms with van der Waals surface area (Å²) in [5, 5.41) is 9.48. The van der Waals surface area contributed by atoms with Crippen LogP contribution in [0.1, 0.15) is 10.4 Å². The first-order valence-corrected chi connectivity index (χ1v) is 12.7. The van der Waals surface area contributed by atoms with Gasteiger partial charge in [0, 0.05) is 24.2 Å². The van der Waals surface area contributed by atoms with Crippen LogP contribution in [0, 0.1) is 0 Å². The molecule has 2 heterocycles. The Balaban J connectivity index is 1.57. The molecule has 7 nitrogen and oxygen atoms in total. The number of thiophene rings is 1. The van der Waals surface area contributed by atoms with E-state index < -0.39 is 9.84 Å². The molecule has 2 aromatic heterocycles. The van der Waals surface area contributed by atoms with Crippen molar-refractivity contribution in [3.63, 3.8) is 0 Å². The second kappa shape index (κ2) is 9.37. The Kier molecular flexibility index (Phi) is 6.38. The summed E-state index contributed by atoms with van der Waals surface area (Å²) in [7, 11) is -3.11. The van der Waals surface area contributed by atoms with Gasteiger partial charge in [0.2, 0.25) is 0 Å². The molecule has 0 atom stereocenters. The van der Waals surface area contributed by atoms with Gasteiger partial charge >= 0.3 is 0 Å². The predicted octanol–water partition coefficient (Wildman–Crippen LogP) is 4.28. The number of aromatic nitrogens is 2. The molecule has 0 saturated carbocycles. The van der Waals surface area contributed by atoms with Gasteiger partial charge < -0.3 is 10.1 Å². The minimum atomic E-state index is -3.11. The number of hydrogen-bond acceptors (Lipinski definition) is 6. The lowest BCUT2D eigenvalue weighted by atomic mass is 10.2. The number of nitrogens with one attached hydrogen (secondary N) is 1.